The molecule has 0 fully saturated rings. The Morgan fingerprint density at radius 2 is 1.18 bits per heavy atom. The Morgan fingerprint density at radius 3 is 1.67 bits per heavy atom. The maximum absolute atomic E-state index is 12.9. The van der Waals surface area contributed by atoms with E-state index in [0.29, 0.717) is 5.56 Å². The fourth-order valence-corrected chi connectivity index (χ4v) is 3.29. The first-order valence-corrected chi connectivity index (χ1v) is 11.6. The minimum atomic E-state index is -1.79. The minimum Gasteiger partial charge on any atom is -0.508 e. The molecule has 0 bridgehead atoms. The second-order valence-corrected chi connectivity index (χ2v) is 8.61. The molecule has 1 rings (SSSR count). The molecule has 0 aliphatic rings. The van der Waals surface area contributed by atoms with Crippen molar-refractivity contribution in [3.05, 3.63) is 29.8 Å². The number of primary amides is 2. The number of carboxylic acid groups (broad SMARTS) is 2. The van der Waals surface area contributed by atoms with Gasteiger partial charge in [0.1, 0.15) is 23.9 Å². The van der Waals surface area contributed by atoms with Crippen molar-refractivity contribution in [2.75, 3.05) is 0 Å². The third kappa shape index (κ3) is 12.4. The number of carbonyl (C=O) groups excluding carboxylic acids is 5. The van der Waals surface area contributed by atoms with E-state index in [1.807, 2.05) is 5.32 Å². The van der Waals surface area contributed by atoms with Crippen LogP contribution in [0.1, 0.15) is 37.7 Å². The summed E-state index contributed by atoms with van der Waals surface area (Å²) in [4.78, 5) is 83.2. The Balaban J connectivity index is 3.01. The summed E-state index contributed by atoms with van der Waals surface area (Å²) in [7, 11) is 0. The Labute approximate surface area is 222 Å². The minimum absolute atomic E-state index is 0.00227. The fourth-order valence-electron chi connectivity index (χ4n) is 3.29. The van der Waals surface area contributed by atoms with Crippen LogP contribution in [0.5, 0.6) is 5.75 Å². The van der Waals surface area contributed by atoms with Crippen LogP contribution >= 0.6 is 0 Å². The van der Waals surface area contributed by atoms with Crippen molar-refractivity contribution in [2.24, 2.45) is 17.2 Å². The molecule has 0 aliphatic heterocycles. The number of nitrogens with two attached hydrogens (primary N) is 3. The van der Waals surface area contributed by atoms with Gasteiger partial charge in [-0.3, -0.25) is 28.8 Å². The fraction of sp³-hybridized carbons (Fsp3) is 0.435. The van der Waals surface area contributed by atoms with Crippen molar-refractivity contribution >= 4 is 41.5 Å². The molecule has 0 heterocycles. The highest BCUT2D eigenvalue weighted by Gasteiger charge is 2.32. The zero-order valence-electron chi connectivity index (χ0n) is 20.8. The van der Waals surface area contributed by atoms with Gasteiger partial charge in [0.25, 0.3) is 0 Å². The summed E-state index contributed by atoms with van der Waals surface area (Å²) in [6.45, 7) is 0. The molecule has 1 aromatic carbocycles. The Kier molecular flexibility index (Phi) is 12.8. The first-order chi connectivity index (χ1) is 18.2. The summed E-state index contributed by atoms with van der Waals surface area (Å²) in [6.07, 6.45) is -2.41. The van der Waals surface area contributed by atoms with Gasteiger partial charge >= 0.3 is 11.9 Å². The summed E-state index contributed by atoms with van der Waals surface area (Å²) in [5.74, 6) is -7.76. The van der Waals surface area contributed by atoms with E-state index in [9.17, 15) is 48.9 Å². The molecule has 214 valence electrons. The zero-order valence-corrected chi connectivity index (χ0v) is 20.8. The molecule has 0 radical (unpaired) electrons. The Morgan fingerprint density at radius 1 is 0.718 bits per heavy atom. The maximum atomic E-state index is 12.9. The molecule has 1 aromatic rings. The van der Waals surface area contributed by atoms with Crippen molar-refractivity contribution < 1.29 is 48.9 Å². The van der Waals surface area contributed by atoms with E-state index in [4.69, 9.17) is 17.2 Å². The second-order valence-electron chi connectivity index (χ2n) is 8.61. The molecule has 0 saturated carbocycles. The quantitative estimate of drug-likeness (QED) is 0.0927. The molecule has 0 saturated heterocycles. The smallest absolute Gasteiger partial charge is 0.326 e. The standard InChI is InChI=1S/C23H32N6O10/c24-13(9-11-1-3-12(30)4-2-11)20(35)27-14(5-7-17(25)31)21(36)29-16(10-19(33)34)22(37)28-15(23(38)39)6-8-18(26)32/h1-4,13-16,30H,5-10,24H2,(H2,25,31)(H2,26,32)(H,27,35)(H,28,37)(H,29,36)(H,33,34)(H,38,39). The lowest BCUT2D eigenvalue weighted by atomic mass is 10.0. The monoisotopic (exact) mass is 552 g/mol. The molecule has 12 N–H and O–H groups in total. The van der Waals surface area contributed by atoms with Gasteiger partial charge in [-0.05, 0) is 37.0 Å². The number of carboxylic acids is 2. The van der Waals surface area contributed by atoms with Crippen LogP contribution < -0.4 is 33.2 Å². The lowest BCUT2D eigenvalue weighted by molar-refractivity contribution is -0.143. The average molecular weight is 553 g/mol. The molecule has 39 heavy (non-hydrogen) atoms. The summed E-state index contributed by atoms with van der Waals surface area (Å²) in [6, 6.07) is -0.196. The van der Waals surface area contributed by atoms with Gasteiger partial charge in [0.05, 0.1) is 12.5 Å². The third-order valence-corrected chi connectivity index (χ3v) is 5.35. The summed E-state index contributed by atoms with van der Waals surface area (Å²) in [5, 5.41) is 34.3. The van der Waals surface area contributed by atoms with Crippen LogP contribution in [0.4, 0.5) is 0 Å². The van der Waals surface area contributed by atoms with Crippen molar-refractivity contribution in [2.45, 2.75) is 62.7 Å². The molecule has 4 unspecified atom stereocenters. The second kappa shape index (κ2) is 15.5. The molecular formula is C23H32N6O10. The van der Waals surface area contributed by atoms with Crippen molar-refractivity contribution in [1.82, 2.24) is 16.0 Å². The van der Waals surface area contributed by atoms with Crippen LogP contribution in [0.3, 0.4) is 0 Å². The van der Waals surface area contributed by atoms with Crippen molar-refractivity contribution in [3.63, 3.8) is 0 Å². The normalized spacial score (nSPS) is 13.7. The number of phenolic OH excluding ortho intramolecular Hbond substituents is 1. The van der Waals surface area contributed by atoms with E-state index in [2.05, 4.69) is 10.6 Å². The molecule has 0 aromatic heterocycles. The highest BCUT2D eigenvalue weighted by atomic mass is 16.4. The van der Waals surface area contributed by atoms with Gasteiger partial charge in [-0.1, -0.05) is 12.1 Å². The number of aliphatic carboxylic acids is 2. The van der Waals surface area contributed by atoms with E-state index < -0.39 is 78.5 Å². The number of rotatable bonds is 17. The SMILES string of the molecule is NC(=O)CCC(NC(=O)C(CC(=O)O)NC(=O)C(CCC(N)=O)NC(=O)C(N)Cc1ccc(O)cc1)C(=O)O. The highest BCUT2D eigenvalue weighted by Crippen LogP contribution is 2.11. The van der Waals surface area contributed by atoms with Gasteiger partial charge in [0.2, 0.25) is 29.5 Å². The van der Waals surface area contributed by atoms with Crippen LogP contribution in [0.2, 0.25) is 0 Å². The number of carbonyl (C=O) groups is 7. The lowest BCUT2D eigenvalue weighted by Crippen LogP contribution is -2.57. The molecule has 16 nitrogen and oxygen atoms in total. The summed E-state index contributed by atoms with van der Waals surface area (Å²) in [5.41, 5.74) is 16.6. The number of hydrogen-bond acceptors (Lipinski definition) is 9. The Hall–Kier alpha value is -4.73. The predicted molar refractivity (Wildman–Crippen MR) is 132 cm³/mol. The first kappa shape index (κ1) is 32.3. The van der Waals surface area contributed by atoms with E-state index in [0.717, 1.165) is 0 Å². The topological polar surface area (TPSA) is 294 Å². The highest BCUT2D eigenvalue weighted by molar-refractivity contribution is 5.96. The van der Waals surface area contributed by atoms with Crippen LogP contribution in [-0.4, -0.2) is 81.0 Å². The molecule has 0 spiro atoms. The number of benzene rings is 1. The van der Waals surface area contributed by atoms with Crippen LogP contribution in [-0.2, 0) is 40.0 Å². The molecular weight excluding hydrogens is 520 g/mol. The maximum Gasteiger partial charge on any atom is 0.326 e. The summed E-state index contributed by atoms with van der Waals surface area (Å²) >= 11 is 0. The number of aromatic hydroxyl groups is 1. The average Bonchev–Trinajstić information content (AvgIpc) is 2.84. The lowest BCUT2D eigenvalue weighted by Gasteiger charge is -2.24. The number of hydrogen-bond donors (Lipinski definition) is 9. The van der Waals surface area contributed by atoms with Crippen LogP contribution in [0.25, 0.3) is 0 Å². The Bertz CT molecular complexity index is 1080. The van der Waals surface area contributed by atoms with Gasteiger partial charge in [-0.15, -0.1) is 0 Å². The number of phenols is 1. The zero-order chi connectivity index (χ0) is 29.7. The van der Waals surface area contributed by atoms with Crippen molar-refractivity contribution in [3.8, 4) is 5.75 Å². The largest absolute Gasteiger partial charge is 0.508 e. The van der Waals surface area contributed by atoms with E-state index in [1.165, 1.54) is 24.3 Å². The molecule has 0 aliphatic carbocycles. The third-order valence-electron chi connectivity index (χ3n) is 5.35. The van der Waals surface area contributed by atoms with Crippen LogP contribution in [0.15, 0.2) is 24.3 Å². The van der Waals surface area contributed by atoms with E-state index >= 15 is 0 Å². The van der Waals surface area contributed by atoms with Gasteiger partial charge in [0, 0.05) is 12.8 Å². The van der Waals surface area contributed by atoms with Gasteiger partial charge in [0.15, 0.2) is 0 Å². The summed E-state index contributed by atoms with van der Waals surface area (Å²) < 4.78 is 0. The molecule has 5 amide bonds. The van der Waals surface area contributed by atoms with Crippen molar-refractivity contribution in [1.29, 1.82) is 0 Å². The number of nitrogens with one attached hydrogen (secondary N) is 3. The molecule has 16 heteroatoms. The predicted octanol–water partition coefficient (Wildman–Crippen LogP) is -3.19. The van der Waals surface area contributed by atoms with Crippen LogP contribution in [0, 0.1) is 0 Å². The number of amides is 5. The first-order valence-electron chi connectivity index (χ1n) is 11.6. The van der Waals surface area contributed by atoms with E-state index in [1.54, 1.807) is 0 Å². The van der Waals surface area contributed by atoms with E-state index in [-0.39, 0.29) is 31.4 Å². The van der Waals surface area contributed by atoms with Gasteiger partial charge in [-0.2, -0.15) is 0 Å². The molecule has 4 atom stereocenters. The van der Waals surface area contributed by atoms with Gasteiger partial charge < -0.3 is 48.5 Å². The van der Waals surface area contributed by atoms with Gasteiger partial charge in [-0.25, -0.2) is 4.79 Å².